The Labute approximate surface area is 157 Å². The quantitative estimate of drug-likeness (QED) is 0.295. The molecule has 2 rings (SSSR count). The predicted octanol–water partition coefficient (Wildman–Crippen LogP) is 3.20. The van der Waals surface area contributed by atoms with E-state index in [1.807, 2.05) is 31.2 Å². The van der Waals surface area contributed by atoms with Crippen LogP contribution in [0.4, 0.5) is 11.4 Å². The number of hydrogen-bond acceptors (Lipinski definition) is 7. The number of nitrogens with one attached hydrogen (secondary N) is 1. The van der Waals surface area contributed by atoms with Gasteiger partial charge in [-0.1, -0.05) is 12.1 Å². The molecule has 0 atom stereocenters. The summed E-state index contributed by atoms with van der Waals surface area (Å²) in [5, 5.41) is 14.1. The van der Waals surface area contributed by atoms with E-state index >= 15 is 0 Å². The van der Waals surface area contributed by atoms with Gasteiger partial charge in [0.1, 0.15) is 24.7 Å². The van der Waals surface area contributed by atoms with Crippen LogP contribution in [0.15, 0.2) is 42.5 Å². The van der Waals surface area contributed by atoms with Crippen molar-refractivity contribution >= 4 is 17.3 Å². The van der Waals surface area contributed by atoms with Crippen molar-refractivity contribution in [3.8, 4) is 5.75 Å². The van der Waals surface area contributed by atoms with Gasteiger partial charge in [0.2, 0.25) is 0 Å². The first-order valence-electron chi connectivity index (χ1n) is 8.39. The number of hydrogen-bond donors (Lipinski definition) is 1. The average Bonchev–Trinajstić information content (AvgIpc) is 2.65. The number of carbonyl (C=O) groups is 1. The Bertz CT molecular complexity index is 794. The monoisotopic (exact) mass is 374 g/mol. The lowest BCUT2D eigenvalue weighted by Crippen LogP contribution is -2.13. The second kappa shape index (κ2) is 10.1. The highest BCUT2D eigenvalue weighted by atomic mass is 16.6. The summed E-state index contributed by atoms with van der Waals surface area (Å²) < 4.78 is 15.5. The third-order valence-corrected chi connectivity index (χ3v) is 3.63. The Kier molecular flexibility index (Phi) is 7.57. The summed E-state index contributed by atoms with van der Waals surface area (Å²) >= 11 is 0. The molecule has 0 aliphatic rings. The highest BCUT2D eigenvalue weighted by molar-refractivity contribution is 5.91. The van der Waals surface area contributed by atoms with Gasteiger partial charge < -0.3 is 19.5 Å². The van der Waals surface area contributed by atoms with Crippen LogP contribution in [0.25, 0.3) is 0 Å². The van der Waals surface area contributed by atoms with Crippen LogP contribution in [0.1, 0.15) is 15.9 Å². The highest BCUT2D eigenvalue weighted by Gasteiger charge is 2.18. The number of anilines is 1. The van der Waals surface area contributed by atoms with Crippen LogP contribution < -0.4 is 10.1 Å². The molecule has 8 heteroatoms. The summed E-state index contributed by atoms with van der Waals surface area (Å²) in [4.78, 5) is 22.8. The number of methoxy groups -OCH3 is 1. The fourth-order valence-corrected chi connectivity index (χ4v) is 2.33. The third kappa shape index (κ3) is 6.27. The zero-order valence-electron chi connectivity index (χ0n) is 15.3. The fourth-order valence-electron chi connectivity index (χ4n) is 2.33. The van der Waals surface area contributed by atoms with E-state index in [2.05, 4.69) is 5.32 Å². The van der Waals surface area contributed by atoms with E-state index in [1.165, 1.54) is 25.3 Å². The molecule has 0 aliphatic heterocycles. The van der Waals surface area contributed by atoms with Crippen LogP contribution in [0.3, 0.4) is 0 Å². The molecule has 0 bridgehead atoms. The van der Waals surface area contributed by atoms with E-state index in [0.29, 0.717) is 24.6 Å². The molecule has 0 fully saturated rings. The van der Waals surface area contributed by atoms with Crippen molar-refractivity contribution in [3.05, 3.63) is 63.7 Å². The van der Waals surface area contributed by atoms with Crippen molar-refractivity contribution in [2.75, 3.05) is 38.8 Å². The van der Waals surface area contributed by atoms with Crippen LogP contribution >= 0.6 is 0 Å². The minimum Gasteiger partial charge on any atom is -0.490 e. The van der Waals surface area contributed by atoms with Gasteiger partial charge in [0.05, 0.1) is 17.1 Å². The van der Waals surface area contributed by atoms with E-state index in [4.69, 9.17) is 14.2 Å². The molecular formula is C19H22N2O6. The summed E-state index contributed by atoms with van der Waals surface area (Å²) in [6.07, 6.45) is 0. The number of nitro benzene ring substituents is 1. The first-order valence-corrected chi connectivity index (χ1v) is 8.39. The summed E-state index contributed by atoms with van der Waals surface area (Å²) in [5.41, 5.74) is 1.29. The lowest BCUT2D eigenvalue weighted by molar-refractivity contribution is -0.384. The van der Waals surface area contributed by atoms with Gasteiger partial charge in [-0.15, -0.1) is 0 Å². The molecule has 0 saturated carbocycles. The third-order valence-electron chi connectivity index (χ3n) is 3.63. The van der Waals surface area contributed by atoms with Gasteiger partial charge >= 0.3 is 5.97 Å². The Morgan fingerprint density at radius 2 is 1.96 bits per heavy atom. The van der Waals surface area contributed by atoms with Crippen molar-refractivity contribution < 1.29 is 23.9 Å². The second-order valence-corrected chi connectivity index (χ2v) is 5.71. The van der Waals surface area contributed by atoms with Gasteiger partial charge in [-0.2, -0.15) is 0 Å². The molecule has 0 saturated heterocycles. The van der Waals surface area contributed by atoms with Crippen molar-refractivity contribution in [3.63, 3.8) is 0 Å². The number of benzene rings is 2. The molecule has 0 aromatic heterocycles. The molecule has 144 valence electrons. The van der Waals surface area contributed by atoms with Crippen molar-refractivity contribution in [2.45, 2.75) is 6.92 Å². The largest absolute Gasteiger partial charge is 0.490 e. The zero-order valence-corrected chi connectivity index (χ0v) is 15.3. The standard InChI is InChI=1S/C19H22N2O6/c1-14-4-3-5-16(12-14)26-10-11-27-19(22)15-6-7-17(20-8-9-25-2)18(13-15)21(23)24/h3-7,12-13,20H,8-11H2,1-2H3. The summed E-state index contributed by atoms with van der Waals surface area (Å²) in [5.74, 6) is 0.0440. The summed E-state index contributed by atoms with van der Waals surface area (Å²) in [6.45, 7) is 3.00. The molecule has 0 spiro atoms. The molecule has 0 unspecified atom stereocenters. The van der Waals surface area contributed by atoms with E-state index in [1.54, 1.807) is 0 Å². The van der Waals surface area contributed by atoms with Gasteiger partial charge in [0, 0.05) is 19.7 Å². The maximum absolute atomic E-state index is 12.1. The van der Waals surface area contributed by atoms with Crippen molar-refractivity contribution in [1.82, 2.24) is 0 Å². The second-order valence-electron chi connectivity index (χ2n) is 5.71. The van der Waals surface area contributed by atoms with Crippen LogP contribution in [-0.2, 0) is 9.47 Å². The molecule has 2 aromatic carbocycles. The van der Waals surface area contributed by atoms with E-state index in [-0.39, 0.29) is 24.5 Å². The van der Waals surface area contributed by atoms with Crippen molar-refractivity contribution in [2.24, 2.45) is 0 Å². The molecule has 1 N–H and O–H groups in total. The van der Waals surface area contributed by atoms with Gasteiger partial charge in [-0.05, 0) is 36.8 Å². The van der Waals surface area contributed by atoms with Gasteiger partial charge in [0.25, 0.3) is 5.69 Å². The fraction of sp³-hybridized carbons (Fsp3) is 0.316. The summed E-state index contributed by atoms with van der Waals surface area (Å²) in [6, 6.07) is 11.7. The molecule has 0 radical (unpaired) electrons. The number of rotatable bonds is 10. The smallest absolute Gasteiger partial charge is 0.338 e. The number of esters is 1. The average molecular weight is 374 g/mol. The molecule has 2 aromatic rings. The normalized spacial score (nSPS) is 10.3. The Balaban J connectivity index is 1.91. The SMILES string of the molecule is COCCNc1ccc(C(=O)OCCOc2cccc(C)c2)cc1[N+](=O)[O-]. The number of nitro groups is 1. The van der Waals surface area contributed by atoms with Gasteiger partial charge in [-0.25, -0.2) is 4.79 Å². The molecule has 0 aliphatic carbocycles. The predicted molar refractivity (Wildman–Crippen MR) is 100 cm³/mol. The summed E-state index contributed by atoms with van der Waals surface area (Å²) in [7, 11) is 1.54. The minimum absolute atomic E-state index is 0.0361. The molecule has 8 nitrogen and oxygen atoms in total. The van der Waals surface area contributed by atoms with E-state index < -0.39 is 10.9 Å². The number of ether oxygens (including phenoxy) is 3. The Hall–Kier alpha value is -3.13. The number of aryl methyl sites for hydroxylation is 1. The minimum atomic E-state index is -0.644. The lowest BCUT2D eigenvalue weighted by atomic mass is 10.1. The highest BCUT2D eigenvalue weighted by Crippen LogP contribution is 2.25. The molecule has 27 heavy (non-hydrogen) atoms. The van der Waals surface area contributed by atoms with Crippen LogP contribution in [0.2, 0.25) is 0 Å². The topological polar surface area (TPSA) is 99.9 Å². The lowest BCUT2D eigenvalue weighted by Gasteiger charge is -2.09. The first kappa shape index (κ1) is 20.2. The Morgan fingerprint density at radius 1 is 1.15 bits per heavy atom. The van der Waals surface area contributed by atoms with E-state index in [0.717, 1.165) is 5.56 Å². The number of nitrogens with zero attached hydrogens (tertiary/aromatic N) is 1. The van der Waals surface area contributed by atoms with E-state index in [9.17, 15) is 14.9 Å². The number of carbonyl (C=O) groups excluding carboxylic acids is 1. The maximum Gasteiger partial charge on any atom is 0.338 e. The molecule has 0 heterocycles. The van der Waals surface area contributed by atoms with Crippen LogP contribution in [-0.4, -0.2) is 44.4 Å². The van der Waals surface area contributed by atoms with Crippen molar-refractivity contribution in [1.29, 1.82) is 0 Å². The van der Waals surface area contributed by atoms with Crippen LogP contribution in [0.5, 0.6) is 5.75 Å². The van der Waals surface area contributed by atoms with Crippen LogP contribution in [0, 0.1) is 17.0 Å². The zero-order chi connectivity index (χ0) is 19.6. The molecule has 0 amide bonds. The molecular weight excluding hydrogens is 352 g/mol. The maximum atomic E-state index is 12.1. The van der Waals surface area contributed by atoms with Gasteiger partial charge in [-0.3, -0.25) is 10.1 Å². The Morgan fingerprint density at radius 3 is 2.67 bits per heavy atom. The first-order chi connectivity index (χ1) is 13.0. The van der Waals surface area contributed by atoms with Gasteiger partial charge in [0.15, 0.2) is 0 Å².